The molecule has 1 unspecified atom stereocenters. The van der Waals surface area contributed by atoms with Gasteiger partial charge in [0.2, 0.25) is 11.8 Å². The minimum Gasteiger partial charge on any atom is -0.394 e. The van der Waals surface area contributed by atoms with Crippen molar-refractivity contribution < 1.29 is 98.9 Å². The lowest BCUT2D eigenvalue weighted by Gasteiger charge is -2.51. The zero-order chi connectivity index (χ0) is 37.2. The summed E-state index contributed by atoms with van der Waals surface area (Å²) >= 11 is 0. The van der Waals surface area contributed by atoms with Crippen LogP contribution in [0.15, 0.2) is 0 Å². The van der Waals surface area contributed by atoms with Gasteiger partial charge in [0.1, 0.15) is 91.4 Å². The molecule has 50 heavy (non-hydrogen) atoms. The Hall–Kier alpha value is -1.78. The van der Waals surface area contributed by atoms with Gasteiger partial charge in [-0.25, -0.2) is 0 Å². The molecule has 4 heterocycles. The van der Waals surface area contributed by atoms with Crippen molar-refractivity contribution in [2.24, 2.45) is 0 Å². The SMILES string of the molecule is CC(=O)N[C@H]1[C@@H](O[C@H]2[C@@H](O)[C@@H](CO)O[C@H](O[C@H]3[C@@H](O)[C@@H](CO)OC(O)[C@@H]3NC(C)=O)[C@@H]2O[C@@H]2O[C@@H](C)[C@@H](O)[C@@H](O)[C@@H]2O)O[C@H](CO)[C@H](O)[C@@H]1O. The summed E-state index contributed by atoms with van der Waals surface area (Å²) in [6.45, 7) is 0.914. The van der Waals surface area contributed by atoms with Crippen LogP contribution < -0.4 is 10.6 Å². The normalized spacial score (nSPS) is 48.5. The van der Waals surface area contributed by atoms with E-state index in [9.17, 15) is 65.8 Å². The largest absolute Gasteiger partial charge is 0.394 e. The first-order valence-electron chi connectivity index (χ1n) is 15.9. The predicted octanol–water partition coefficient (Wildman–Crippen LogP) is -8.43. The molecule has 20 atom stereocenters. The third kappa shape index (κ3) is 8.70. The summed E-state index contributed by atoms with van der Waals surface area (Å²) in [6, 6.07) is -3.09. The molecule has 0 aromatic heterocycles. The Bertz CT molecular complexity index is 1130. The predicted molar refractivity (Wildman–Crippen MR) is 156 cm³/mol. The molecule has 4 saturated heterocycles. The van der Waals surface area contributed by atoms with Crippen LogP contribution in [0.4, 0.5) is 0 Å². The van der Waals surface area contributed by atoms with Gasteiger partial charge in [0.15, 0.2) is 25.2 Å². The molecule has 0 bridgehead atoms. The molecule has 0 aromatic carbocycles. The fourth-order valence-electron chi connectivity index (χ4n) is 6.26. The Kier molecular flexibility index (Phi) is 14.2. The van der Waals surface area contributed by atoms with Crippen molar-refractivity contribution >= 4 is 11.8 Å². The van der Waals surface area contributed by atoms with Gasteiger partial charge in [-0.15, -0.1) is 0 Å². The van der Waals surface area contributed by atoms with E-state index in [2.05, 4.69) is 10.6 Å². The second kappa shape index (κ2) is 17.4. The molecule has 290 valence electrons. The molecule has 0 spiro atoms. The van der Waals surface area contributed by atoms with Gasteiger partial charge in [0, 0.05) is 13.8 Å². The first-order chi connectivity index (χ1) is 23.5. The Morgan fingerprint density at radius 1 is 0.520 bits per heavy atom. The Balaban J connectivity index is 1.77. The van der Waals surface area contributed by atoms with Crippen LogP contribution in [0.2, 0.25) is 0 Å². The number of rotatable bonds is 11. The number of carbonyl (C=O) groups is 2. The maximum absolute atomic E-state index is 12.1. The maximum Gasteiger partial charge on any atom is 0.217 e. The van der Waals surface area contributed by atoms with E-state index in [4.69, 9.17) is 33.2 Å². The molecule has 22 heteroatoms. The Morgan fingerprint density at radius 2 is 1.00 bits per heavy atom. The molecule has 4 fully saturated rings. The van der Waals surface area contributed by atoms with E-state index in [1.54, 1.807) is 0 Å². The van der Waals surface area contributed by atoms with Crippen molar-refractivity contribution in [2.45, 2.75) is 143 Å². The van der Waals surface area contributed by atoms with Gasteiger partial charge in [-0.2, -0.15) is 0 Å². The van der Waals surface area contributed by atoms with Crippen molar-refractivity contribution in [3.05, 3.63) is 0 Å². The summed E-state index contributed by atoms with van der Waals surface area (Å²) in [5.74, 6) is -1.42. The highest BCUT2D eigenvalue weighted by atomic mass is 16.8. The summed E-state index contributed by atoms with van der Waals surface area (Å²) in [4.78, 5) is 24.1. The summed E-state index contributed by atoms with van der Waals surface area (Å²) in [5.41, 5.74) is 0. The number of hydrogen-bond acceptors (Lipinski definition) is 20. The fraction of sp³-hybridized carbons (Fsp3) is 0.929. The van der Waals surface area contributed by atoms with Crippen LogP contribution in [0.5, 0.6) is 0 Å². The van der Waals surface area contributed by atoms with Gasteiger partial charge in [-0.3, -0.25) is 9.59 Å². The van der Waals surface area contributed by atoms with Crippen LogP contribution in [0.25, 0.3) is 0 Å². The number of aliphatic hydroxyl groups is 11. The van der Waals surface area contributed by atoms with E-state index in [1.807, 2.05) is 0 Å². The van der Waals surface area contributed by atoms with Gasteiger partial charge < -0.3 is 100.0 Å². The molecular weight excluding hydrogens is 684 g/mol. The lowest BCUT2D eigenvalue weighted by Crippen LogP contribution is -2.70. The van der Waals surface area contributed by atoms with Gasteiger partial charge in [0.05, 0.1) is 25.9 Å². The van der Waals surface area contributed by atoms with E-state index < -0.39 is 154 Å². The van der Waals surface area contributed by atoms with Gasteiger partial charge in [-0.05, 0) is 6.92 Å². The summed E-state index contributed by atoms with van der Waals surface area (Å²) in [5, 5.41) is 120. The maximum atomic E-state index is 12.1. The summed E-state index contributed by atoms with van der Waals surface area (Å²) in [7, 11) is 0. The zero-order valence-corrected chi connectivity index (χ0v) is 27.3. The van der Waals surface area contributed by atoms with Crippen LogP contribution >= 0.6 is 0 Å². The number of ether oxygens (including phenoxy) is 7. The molecule has 13 N–H and O–H groups in total. The topological polar surface area (TPSA) is 345 Å². The highest BCUT2D eigenvalue weighted by Gasteiger charge is 2.56. The fourth-order valence-corrected chi connectivity index (χ4v) is 6.26. The Morgan fingerprint density at radius 3 is 1.58 bits per heavy atom. The van der Waals surface area contributed by atoms with Crippen molar-refractivity contribution in [3.8, 4) is 0 Å². The van der Waals surface area contributed by atoms with Gasteiger partial charge in [-0.1, -0.05) is 0 Å². The van der Waals surface area contributed by atoms with E-state index in [0.717, 1.165) is 13.8 Å². The highest BCUT2D eigenvalue weighted by Crippen LogP contribution is 2.36. The number of aliphatic hydroxyl groups excluding tert-OH is 11. The first kappa shape index (κ1) is 41.0. The van der Waals surface area contributed by atoms with Crippen LogP contribution in [-0.4, -0.2) is 211 Å². The average Bonchev–Trinajstić information content (AvgIpc) is 3.07. The Labute approximate surface area is 285 Å². The molecule has 0 saturated carbocycles. The van der Waals surface area contributed by atoms with Crippen LogP contribution in [-0.2, 0) is 42.7 Å². The highest BCUT2D eigenvalue weighted by molar-refractivity contribution is 5.73. The lowest BCUT2D eigenvalue weighted by atomic mass is 9.94. The molecular formula is C28H48N2O20. The summed E-state index contributed by atoms with van der Waals surface area (Å²) < 4.78 is 40.3. The lowest BCUT2D eigenvalue weighted by molar-refractivity contribution is -0.396. The van der Waals surface area contributed by atoms with E-state index in [1.165, 1.54) is 6.92 Å². The first-order valence-corrected chi connectivity index (χ1v) is 15.9. The number of hydrogen-bond donors (Lipinski definition) is 13. The molecule has 22 nitrogen and oxygen atoms in total. The smallest absolute Gasteiger partial charge is 0.217 e. The van der Waals surface area contributed by atoms with E-state index in [-0.39, 0.29) is 0 Å². The van der Waals surface area contributed by atoms with Crippen molar-refractivity contribution in [1.29, 1.82) is 0 Å². The molecule has 0 aromatic rings. The third-order valence-electron chi connectivity index (χ3n) is 8.97. The third-order valence-corrected chi connectivity index (χ3v) is 8.97. The van der Waals surface area contributed by atoms with Gasteiger partial charge in [0.25, 0.3) is 0 Å². The summed E-state index contributed by atoms with van der Waals surface area (Å²) in [6.07, 6.45) is -31.1. The standard InChI is InChI=1S/C28H48N2O20/c1-7-15(36)20(41)21(42)27(44-7)50-24-23(49-26-13(29-8(2)34)19(40)16(37)10(4-31)46-26)18(39)12(6-33)47-28(24)48-22-14(30-9(3)35)25(43)45-11(5-32)17(22)38/h7,10-28,31-33,36-43H,4-6H2,1-3H3,(H,29,34)(H,30,35)/t7-,10+,11+,12+,13+,14+,15+,16-,17-,18-,19+,20+,21-,22+,23-,24+,25?,26+,27-,28+/m0/s1. The minimum absolute atomic E-state index is 0.707. The number of amides is 2. The second-order valence-corrected chi connectivity index (χ2v) is 12.6. The molecule has 4 rings (SSSR count). The van der Waals surface area contributed by atoms with Crippen molar-refractivity contribution in [2.75, 3.05) is 19.8 Å². The van der Waals surface area contributed by atoms with E-state index >= 15 is 0 Å². The molecule has 4 aliphatic rings. The number of nitrogens with one attached hydrogen (secondary N) is 2. The minimum atomic E-state index is -1.95. The zero-order valence-electron chi connectivity index (χ0n) is 27.3. The molecule has 2 amide bonds. The number of carbonyl (C=O) groups excluding carboxylic acids is 2. The second-order valence-electron chi connectivity index (χ2n) is 12.6. The van der Waals surface area contributed by atoms with Crippen LogP contribution in [0.3, 0.4) is 0 Å². The van der Waals surface area contributed by atoms with Crippen LogP contribution in [0, 0.1) is 0 Å². The van der Waals surface area contributed by atoms with Gasteiger partial charge >= 0.3 is 0 Å². The quantitative estimate of drug-likeness (QED) is 0.0938. The molecule has 0 aliphatic carbocycles. The molecule has 4 aliphatic heterocycles. The van der Waals surface area contributed by atoms with Crippen molar-refractivity contribution in [3.63, 3.8) is 0 Å². The molecule has 0 radical (unpaired) electrons. The monoisotopic (exact) mass is 732 g/mol. The van der Waals surface area contributed by atoms with Crippen molar-refractivity contribution in [1.82, 2.24) is 10.6 Å². The van der Waals surface area contributed by atoms with Crippen LogP contribution in [0.1, 0.15) is 20.8 Å². The van der Waals surface area contributed by atoms with E-state index in [0.29, 0.717) is 0 Å². The average molecular weight is 733 g/mol.